The quantitative estimate of drug-likeness (QED) is 0.0333. The van der Waals surface area contributed by atoms with Gasteiger partial charge in [0, 0.05) is 12.8 Å². The molecule has 2 rings (SSSR count). The molecule has 348 valence electrons. The van der Waals surface area contributed by atoms with Crippen LogP contribution < -0.4 is 0 Å². The van der Waals surface area contributed by atoms with E-state index >= 15 is 0 Å². The fourth-order valence-electron chi connectivity index (χ4n) is 7.45. The number of unbranched alkanes of at least 4 members (excludes halogenated alkanes) is 21. The molecule has 2 saturated heterocycles. The van der Waals surface area contributed by atoms with Gasteiger partial charge in [0.15, 0.2) is 18.7 Å². The molecule has 15 nitrogen and oxygen atoms in total. The minimum atomic E-state index is -1.76. The number of hydrogen-bond donors (Lipinski definition) is 7. The van der Waals surface area contributed by atoms with E-state index in [1.807, 2.05) is 0 Å². The number of rotatable bonds is 35. The number of hydrogen-bond acceptors (Lipinski definition) is 15. The first-order chi connectivity index (χ1) is 28.5. The van der Waals surface area contributed by atoms with E-state index in [1.54, 1.807) is 0 Å². The lowest BCUT2D eigenvalue weighted by Gasteiger charge is -2.42. The molecular formula is C44H82O15. The van der Waals surface area contributed by atoms with Gasteiger partial charge in [-0.15, -0.1) is 0 Å². The number of aliphatic hydroxyl groups is 7. The Labute approximate surface area is 353 Å². The van der Waals surface area contributed by atoms with Crippen molar-refractivity contribution in [3.8, 4) is 0 Å². The maximum absolute atomic E-state index is 12.8. The van der Waals surface area contributed by atoms with Crippen molar-refractivity contribution in [2.45, 2.75) is 242 Å². The standard InChI is InChI=1S/C44H82O15/c1-3-5-7-9-11-12-13-14-15-16-17-18-19-21-22-24-26-35(46)54-29-32(57-36(47)27-25-23-20-10-8-6-4-2)30-55-43-42(53)40(51)38(49)34(59-43)31-56-44-41(52)39(50)37(48)33(28-45)58-44/h32-34,37-45,48-53H,3-31H2,1-2H3/t32-,33+,34+,37-,38-,39?,40?,41?,42?,43+,44+/m0/s1. The Hall–Kier alpha value is -1.50. The van der Waals surface area contributed by atoms with Crippen LogP contribution >= 0.6 is 0 Å². The van der Waals surface area contributed by atoms with Crippen LogP contribution in [0.15, 0.2) is 0 Å². The highest BCUT2D eigenvalue weighted by Crippen LogP contribution is 2.26. The van der Waals surface area contributed by atoms with Crippen molar-refractivity contribution in [2.24, 2.45) is 0 Å². The lowest BCUT2D eigenvalue weighted by Crippen LogP contribution is -2.61. The van der Waals surface area contributed by atoms with Crippen LogP contribution in [-0.4, -0.2) is 142 Å². The second-order valence-corrected chi connectivity index (χ2v) is 16.6. The molecule has 7 N–H and O–H groups in total. The summed E-state index contributed by atoms with van der Waals surface area (Å²) < 4.78 is 33.4. The van der Waals surface area contributed by atoms with Crippen molar-refractivity contribution < 1.29 is 73.8 Å². The molecule has 59 heavy (non-hydrogen) atoms. The SMILES string of the molecule is CCCCCCCCCCCCCCCCCCC(=O)OC[C@@H](CO[C@@H]1O[C@H](CO[C@@H]2O[C@H](CO)[C@H](O)C(O)C2O)[C@H](O)C(O)C1O)OC(=O)CCCCCCCCC. The minimum absolute atomic E-state index is 0.169. The summed E-state index contributed by atoms with van der Waals surface area (Å²) in [4.78, 5) is 25.5. The van der Waals surface area contributed by atoms with Crippen LogP contribution in [0, 0.1) is 0 Å². The summed E-state index contributed by atoms with van der Waals surface area (Å²) in [6.07, 6.45) is 10.3. The largest absolute Gasteiger partial charge is 0.462 e. The highest BCUT2D eigenvalue weighted by molar-refractivity contribution is 5.70. The zero-order valence-corrected chi connectivity index (χ0v) is 36.3. The van der Waals surface area contributed by atoms with Gasteiger partial charge in [0.05, 0.1) is 19.8 Å². The smallest absolute Gasteiger partial charge is 0.306 e. The Morgan fingerprint density at radius 3 is 1.32 bits per heavy atom. The highest BCUT2D eigenvalue weighted by atomic mass is 16.7. The summed E-state index contributed by atoms with van der Waals surface area (Å²) in [6.45, 7) is 2.54. The maximum atomic E-state index is 12.8. The Morgan fingerprint density at radius 1 is 0.475 bits per heavy atom. The van der Waals surface area contributed by atoms with E-state index in [1.165, 1.54) is 83.5 Å². The summed E-state index contributed by atoms with van der Waals surface area (Å²) in [5, 5.41) is 71.7. The molecule has 2 heterocycles. The van der Waals surface area contributed by atoms with Crippen molar-refractivity contribution >= 4 is 11.9 Å². The number of ether oxygens (including phenoxy) is 6. The van der Waals surface area contributed by atoms with Crippen LogP contribution in [-0.2, 0) is 38.0 Å². The summed E-state index contributed by atoms with van der Waals surface area (Å²) in [7, 11) is 0. The monoisotopic (exact) mass is 851 g/mol. The molecule has 2 aliphatic rings. The van der Waals surface area contributed by atoms with Crippen LogP contribution in [0.2, 0.25) is 0 Å². The summed E-state index contributed by atoms with van der Waals surface area (Å²) in [5.41, 5.74) is 0. The zero-order chi connectivity index (χ0) is 43.3. The lowest BCUT2D eigenvalue weighted by atomic mass is 9.98. The second kappa shape index (κ2) is 33.1. The molecule has 15 heteroatoms. The molecule has 0 aromatic carbocycles. The molecule has 0 aliphatic carbocycles. The molecule has 0 saturated carbocycles. The Bertz CT molecular complexity index is 1050. The van der Waals surface area contributed by atoms with Crippen molar-refractivity contribution in [1.82, 2.24) is 0 Å². The van der Waals surface area contributed by atoms with Gasteiger partial charge in [-0.2, -0.15) is 0 Å². The van der Waals surface area contributed by atoms with E-state index in [9.17, 15) is 45.3 Å². The third-order valence-electron chi connectivity index (χ3n) is 11.3. The number of aliphatic hydroxyl groups excluding tert-OH is 7. The molecule has 0 aromatic heterocycles. The highest BCUT2D eigenvalue weighted by Gasteiger charge is 2.47. The fraction of sp³-hybridized carbons (Fsp3) is 0.955. The van der Waals surface area contributed by atoms with Gasteiger partial charge in [-0.1, -0.05) is 149 Å². The normalized spacial score (nSPS) is 27.7. The van der Waals surface area contributed by atoms with E-state index in [-0.39, 0.29) is 26.1 Å². The van der Waals surface area contributed by atoms with Gasteiger partial charge in [-0.25, -0.2) is 0 Å². The molecule has 2 fully saturated rings. The minimum Gasteiger partial charge on any atom is -0.462 e. The predicted molar refractivity (Wildman–Crippen MR) is 220 cm³/mol. The lowest BCUT2D eigenvalue weighted by molar-refractivity contribution is -0.332. The van der Waals surface area contributed by atoms with Gasteiger partial charge in [0.25, 0.3) is 0 Å². The van der Waals surface area contributed by atoms with Crippen molar-refractivity contribution in [2.75, 3.05) is 26.4 Å². The third kappa shape index (κ3) is 22.4. The Kier molecular flexibility index (Phi) is 30.1. The second-order valence-electron chi connectivity index (χ2n) is 16.6. The molecule has 2 aliphatic heterocycles. The number of esters is 2. The van der Waals surface area contributed by atoms with Gasteiger partial charge >= 0.3 is 11.9 Å². The Balaban J connectivity index is 1.79. The van der Waals surface area contributed by atoms with Gasteiger partial charge in [0.1, 0.15) is 55.4 Å². The predicted octanol–water partition coefficient (Wildman–Crippen LogP) is 4.87. The molecular weight excluding hydrogens is 768 g/mol. The van der Waals surface area contributed by atoms with E-state index in [0.717, 1.165) is 51.4 Å². The van der Waals surface area contributed by atoms with Gasteiger partial charge in [-0.05, 0) is 12.8 Å². The molecule has 0 spiro atoms. The van der Waals surface area contributed by atoms with Crippen LogP contribution in [0.1, 0.15) is 174 Å². The average molecular weight is 851 g/mol. The van der Waals surface area contributed by atoms with Crippen LogP contribution in [0.3, 0.4) is 0 Å². The van der Waals surface area contributed by atoms with Gasteiger partial charge < -0.3 is 64.2 Å². The van der Waals surface area contributed by atoms with Crippen LogP contribution in [0.4, 0.5) is 0 Å². The van der Waals surface area contributed by atoms with Gasteiger partial charge in [-0.3, -0.25) is 9.59 Å². The molecule has 0 amide bonds. The molecule has 0 radical (unpaired) electrons. The fourth-order valence-corrected chi connectivity index (χ4v) is 7.45. The average Bonchev–Trinajstić information content (AvgIpc) is 3.23. The van der Waals surface area contributed by atoms with Crippen molar-refractivity contribution in [1.29, 1.82) is 0 Å². The number of carbonyl (C=O) groups is 2. The summed E-state index contributed by atoms with van der Waals surface area (Å²) in [5.74, 6) is -0.922. The molecule has 0 aromatic rings. The zero-order valence-electron chi connectivity index (χ0n) is 36.3. The van der Waals surface area contributed by atoms with E-state index in [0.29, 0.717) is 12.8 Å². The topological polar surface area (TPSA) is 231 Å². The van der Waals surface area contributed by atoms with Crippen molar-refractivity contribution in [3.05, 3.63) is 0 Å². The summed E-state index contributed by atoms with van der Waals surface area (Å²) in [6, 6.07) is 0. The van der Waals surface area contributed by atoms with Crippen LogP contribution in [0.25, 0.3) is 0 Å². The molecule has 4 unspecified atom stereocenters. The molecule has 0 bridgehead atoms. The maximum Gasteiger partial charge on any atom is 0.306 e. The van der Waals surface area contributed by atoms with Gasteiger partial charge in [0.2, 0.25) is 0 Å². The van der Waals surface area contributed by atoms with E-state index in [4.69, 9.17) is 28.4 Å². The van der Waals surface area contributed by atoms with Crippen molar-refractivity contribution in [3.63, 3.8) is 0 Å². The first-order valence-electron chi connectivity index (χ1n) is 23.1. The summed E-state index contributed by atoms with van der Waals surface area (Å²) >= 11 is 0. The van der Waals surface area contributed by atoms with Crippen LogP contribution in [0.5, 0.6) is 0 Å². The Morgan fingerprint density at radius 2 is 0.864 bits per heavy atom. The van der Waals surface area contributed by atoms with E-state index in [2.05, 4.69) is 13.8 Å². The molecule has 11 atom stereocenters. The van der Waals surface area contributed by atoms with E-state index < -0.39 is 92.7 Å². The first-order valence-corrected chi connectivity index (χ1v) is 23.1. The number of carbonyl (C=O) groups excluding carboxylic acids is 2. The first kappa shape index (κ1) is 53.6. The third-order valence-corrected chi connectivity index (χ3v) is 11.3.